The Bertz CT molecular complexity index is 1910. The molecule has 14 heteroatoms. The minimum Gasteiger partial charge on any atom is -0.444 e. The number of unbranched alkanes of at least 4 members (excludes halogenated alkanes) is 4. The summed E-state index contributed by atoms with van der Waals surface area (Å²) in [7, 11) is -2.50. The second-order valence-corrected chi connectivity index (χ2v) is 25.1. The molecule has 0 aliphatic carbocycles. The summed E-state index contributed by atoms with van der Waals surface area (Å²) in [6, 6.07) is 14.8. The fraction of sp³-hybridized carbons (Fsp3) is 0.625. The van der Waals surface area contributed by atoms with E-state index in [1.807, 2.05) is 39.0 Å². The molecule has 0 spiro atoms. The predicted octanol–water partition coefficient (Wildman–Crippen LogP) is 12.3. The van der Waals surface area contributed by atoms with E-state index < -0.39 is 49.6 Å². The van der Waals surface area contributed by atoms with Crippen molar-refractivity contribution in [2.24, 2.45) is 0 Å². The van der Waals surface area contributed by atoms with E-state index in [-0.39, 0.29) is 28.7 Å². The molecular formula is C48H75N3O10Si. The van der Waals surface area contributed by atoms with Crippen molar-refractivity contribution >= 4 is 43.3 Å². The number of aromatic nitrogens is 1. The smallest absolute Gasteiger partial charge is 0.444 e. The molecule has 2 N–H and O–H groups in total. The van der Waals surface area contributed by atoms with Crippen LogP contribution in [-0.2, 0) is 29.8 Å². The summed E-state index contributed by atoms with van der Waals surface area (Å²) < 4.78 is 41.1. The van der Waals surface area contributed by atoms with Gasteiger partial charge in [0.25, 0.3) is 0 Å². The van der Waals surface area contributed by atoms with E-state index in [1.165, 1.54) is 5.56 Å². The molecule has 0 saturated carbocycles. The molecule has 0 aliphatic heterocycles. The molecule has 1 amide bonds. The molecule has 1 unspecified atom stereocenters. The molecular weight excluding hydrogens is 807 g/mol. The Morgan fingerprint density at radius 3 is 1.82 bits per heavy atom. The lowest BCUT2D eigenvalue weighted by Gasteiger charge is -2.41. The molecule has 1 atom stereocenters. The third-order valence-electron chi connectivity index (χ3n) is 10.1. The van der Waals surface area contributed by atoms with Gasteiger partial charge in [0.2, 0.25) is 5.88 Å². The summed E-state index contributed by atoms with van der Waals surface area (Å²) in [4.78, 5) is 46.0. The highest BCUT2D eigenvalue weighted by Crippen LogP contribution is 2.42. The number of ether oxygens (including phenoxy) is 6. The Morgan fingerprint density at radius 1 is 0.677 bits per heavy atom. The lowest BCUT2D eigenvalue weighted by Crippen LogP contribution is -2.46. The first kappa shape index (κ1) is 51.9. The van der Waals surface area contributed by atoms with Gasteiger partial charge in [0.05, 0.1) is 12.6 Å². The molecule has 0 aliphatic rings. The summed E-state index contributed by atoms with van der Waals surface area (Å²) in [6.07, 6.45) is 3.67. The molecule has 13 nitrogen and oxygen atoms in total. The van der Waals surface area contributed by atoms with E-state index in [2.05, 4.69) is 51.0 Å². The Labute approximate surface area is 371 Å². The van der Waals surface area contributed by atoms with Gasteiger partial charge >= 0.3 is 18.4 Å². The number of fused-ring (bicyclic) bond motifs is 1. The Balaban J connectivity index is 1.88. The molecule has 2 aromatic carbocycles. The highest BCUT2D eigenvalue weighted by molar-refractivity contribution is 6.74. The van der Waals surface area contributed by atoms with Crippen molar-refractivity contribution in [1.29, 1.82) is 0 Å². The first-order chi connectivity index (χ1) is 28.6. The SMILES string of the molecule is CC(C)(C)OC(=O)Oc1ccc2c(C(CN(CCCCCCOCCCCc3ccc(N)cc3)C(=O)OC(C)(C)C)O[Si](C)(C)C(C)(C)C)ccc(OC(=O)OC(C)(C)C)c2n1. The summed E-state index contributed by atoms with van der Waals surface area (Å²) >= 11 is 0. The number of nitrogen functional groups attached to an aromatic ring is 1. The van der Waals surface area contributed by atoms with Crippen LogP contribution in [0.2, 0.25) is 18.1 Å². The normalized spacial score (nSPS) is 13.1. The van der Waals surface area contributed by atoms with Gasteiger partial charge < -0.3 is 43.5 Å². The number of amides is 1. The van der Waals surface area contributed by atoms with Gasteiger partial charge in [-0.25, -0.2) is 19.4 Å². The van der Waals surface area contributed by atoms with Crippen LogP contribution in [0.4, 0.5) is 20.1 Å². The number of pyridine rings is 1. The number of nitrogens with zero attached hydrogens (tertiary/aromatic N) is 2. The summed E-state index contributed by atoms with van der Waals surface area (Å²) in [5.74, 6) is 0.0276. The maximum Gasteiger partial charge on any atom is 0.515 e. The van der Waals surface area contributed by atoms with Crippen molar-refractivity contribution in [2.45, 2.75) is 169 Å². The first-order valence-corrected chi connectivity index (χ1v) is 24.9. The molecule has 0 bridgehead atoms. The third-order valence-corrected chi connectivity index (χ3v) is 14.6. The van der Waals surface area contributed by atoms with E-state index in [0.717, 1.165) is 57.2 Å². The van der Waals surface area contributed by atoms with Crippen LogP contribution in [-0.4, -0.2) is 79.7 Å². The Hall–Kier alpha value is -4.40. The fourth-order valence-corrected chi connectivity index (χ4v) is 7.29. The molecule has 0 saturated heterocycles. The second-order valence-electron chi connectivity index (χ2n) is 20.4. The monoisotopic (exact) mass is 882 g/mol. The van der Waals surface area contributed by atoms with Crippen molar-refractivity contribution in [2.75, 3.05) is 32.0 Å². The standard InChI is InChI=1S/C48H75N3O10Si/c1-45(2,3)58-42(52)51(30-18-15-16-19-31-55-32-20-17-21-34-22-24-35(49)25-23-34)33-39(61-62(13,14)48(10,11)12)36-26-28-38(56-43(53)59-46(4,5)6)41-37(36)27-29-40(50-41)57-44(54)60-47(7,8)9/h22-29,39H,15-21,30-33,49H2,1-14H3. The average molecular weight is 882 g/mol. The summed E-state index contributed by atoms with van der Waals surface area (Å²) in [5.41, 5.74) is 6.46. The zero-order valence-electron chi connectivity index (χ0n) is 40.0. The number of benzene rings is 2. The molecule has 0 radical (unpaired) electrons. The number of hydrogen-bond donors (Lipinski definition) is 1. The van der Waals surface area contributed by atoms with Gasteiger partial charge in [-0.3, -0.25) is 0 Å². The van der Waals surface area contributed by atoms with Crippen LogP contribution in [0.1, 0.15) is 139 Å². The molecule has 1 aromatic heterocycles. The minimum absolute atomic E-state index is 0.0602. The van der Waals surface area contributed by atoms with Crippen molar-refractivity contribution in [3.8, 4) is 11.6 Å². The van der Waals surface area contributed by atoms with Crippen LogP contribution in [0.5, 0.6) is 11.6 Å². The van der Waals surface area contributed by atoms with E-state index in [0.29, 0.717) is 24.1 Å². The number of carbonyl (C=O) groups excluding carboxylic acids is 3. The van der Waals surface area contributed by atoms with Crippen molar-refractivity contribution in [1.82, 2.24) is 9.88 Å². The molecule has 3 rings (SSSR count). The second kappa shape index (κ2) is 22.3. The van der Waals surface area contributed by atoms with E-state index in [4.69, 9.17) is 38.6 Å². The molecule has 1 heterocycles. The van der Waals surface area contributed by atoms with Gasteiger partial charge in [-0.15, -0.1) is 0 Å². The van der Waals surface area contributed by atoms with Gasteiger partial charge in [0, 0.05) is 36.9 Å². The largest absolute Gasteiger partial charge is 0.515 e. The van der Waals surface area contributed by atoms with Crippen LogP contribution in [0.25, 0.3) is 10.9 Å². The van der Waals surface area contributed by atoms with Crippen molar-refractivity contribution < 1.29 is 47.2 Å². The number of rotatable bonds is 19. The van der Waals surface area contributed by atoms with E-state index in [1.54, 1.807) is 64.6 Å². The summed E-state index contributed by atoms with van der Waals surface area (Å²) in [5, 5.41) is 0.393. The lowest BCUT2D eigenvalue weighted by molar-refractivity contribution is 0.0149. The number of anilines is 1. The number of hydrogen-bond acceptors (Lipinski definition) is 12. The lowest BCUT2D eigenvalue weighted by atomic mass is 10.0. The molecule has 0 fully saturated rings. The predicted molar refractivity (Wildman–Crippen MR) is 247 cm³/mol. The zero-order chi connectivity index (χ0) is 46.5. The quantitative estimate of drug-likeness (QED) is 0.0304. The maximum atomic E-state index is 14.0. The zero-order valence-corrected chi connectivity index (χ0v) is 41.0. The number of aryl methyl sites for hydroxylation is 1. The van der Waals surface area contributed by atoms with Gasteiger partial charge in [-0.05, 0) is 148 Å². The van der Waals surface area contributed by atoms with Gasteiger partial charge in [-0.2, -0.15) is 0 Å². The van der Waals surface area contributed by atoms with Gasteiger partial charge in [0.1, 0.15) is 22.3 Å². The summed E-state index contributed by atoms with van der Waals surface area (Å²) in [6.45, 7) is 28.8. The van der Waals surface area contributed by atoms with Crippen molar-refractivity contribution in [3.05, 3.63) is 59.7 Å². The first-order valence-electron chi connectivity index (χ1n) is 22.0. The average Bonchev–Trinajstić information content (AvgIpc) is 3.11. The topological polar surface area (TPSA) is 158 Å². The highest BCUT2D eigenvalue weighted by atomic mass is 28.4. The van der Waals surface area contributed by atoms with Crippen LogP contribution in [0.3, 0.4) is 0 Å². The maximum absolute atomic E-state index is 14.0. The van der Waals surface area contributed by atoms with Crippen LogP contribution < -0.4 is 15.2 Å². The van der Waals surface area contributed by atoms with Crippen molar-refractivity contribution in [3.63, 3.8) is 0 Å². The molecule has 346 valence electrons. The fourth-order valence-electron chi connectivity index (χ4n) is 6.03. The van der Waals surface area contributed by atoms with Gasteiger partial charge in [-0.1, -0.05) is 51.8 Å². The van der Waals surface area contributed by atoms with Crippen LogP contribution in [0, 0.1) is 0 Å². The van der Waals surface area contributed by atoms with E-state index >= 15 is 0 Å². The number of nitrogens with two attached hydrogens (primary N) is 1. The van der Waals surface area contributed by atoms with Crippen LogP contribution in [0.15, 0.2) is 48.5 Å². The third kappa shape index (κ3) is 18.5. The van der Waals surface area contributed by atoms with Crippen LogP contribution >= 0.6 is 0 Å². The van der Waals surface area contributed by atoms with Gasteiger partial charge in [0.15, 0.2) is 14.1 Å². The Kier molecular flexibility index (Phi) is 18.7. The molecule has 62 heavy (non-hydrogen) atoms. The highest BCUT2D eigenvalue weighted by Gasteiger charge is 2.41. The minimum atomic E-state index is -2.50. The van der Waals surface area contributed by atoms with E-state index in [9.17, 15) is 14.4 Å². The Morgan fingerprint density at radius 2 is 1.24 bits per heavy atom. The molecule has 3 aromatic rings. The number of carbonyl (C=O) groups is 3.